The molecule has 0 unspecified atom stereocenters. The van der Waals surface area contributed by atoms with Gasteiger partial charge in [-0.2, -0.15) is 0 Å². The molecule has 0 aromatic carbocycles. The minimum Gasteiger partial charge on any atom is -0.384 e. The normalized spacial score (nSPS) is 24.5. The van der Waals surface area contributed by atoms with Gasteiger partial charge >= 0.3 is 0 Å². The van der Waals surface area contributed by atoms with Crippen LogP contribution in [0.4, 0.5) is 0 Å². The molecule has 3 fully saturated rings. The Bertz CT molecular complexity index is 459. The molecule has 0 aromatic rings. The summed E-state index contributed by atoms with van der Waals surface area (Å²) in [7, 11) is 1.67. The van der Waals surface area contributed by atoms with Crippen LogP contribution >= 0.6 is 0 Å². The minimum atomic E-state index is -0.387. The van der Waals surface area contributed by atoms with Crippen molar-refractivity contribution in [3.63, 3.8) is 0 Å². The maximum atomic E-state index is 13.1. The Morgan fingerprint density at radius 1 is 0.960 bits per heavy atom. The number of rotatable bonds is 5. The summed E-state index contributed by atoms with van der Waals surface area (Å²) in [5, 5.41) is 3.33. The standard InChI is InChI=1S/C18H32N4O3/c1-25-15-18(4-6-19-7-5-18)17(24)22-12-10-21(11-13-22)16(23)14-20-8-2-3-9-20/h19H,2-15H2,1H3. The van der Waals surface area contributed by atoms with Crippen LogP contribution in [-0.2, 0) is 14.3 Å². The molecule has 7 heteroatoms. The monoisotopic (exact) mass is 352 g/mol. The second kappa shape index (κ2) is 8.47. The van der Waals surface area contributed by atoms with Gasteiger partial charge in [0, 0.05) is 33.3 Å². The van der Waals surface area contributed by atoms with Crippen molar-refractivity contribution in [1.29, 1.82) is 0 Å². The van der Waals surface area contributed by atoms with E-state index in [4.69, 9.17) is 4.74 Å². The average Bonchev–Trinajstić information content (AvgIpc) is 3.15. The van der Waals surface area contributed by atoms with Crippen molar-refractivity contribution in [2.45, 2.75) is 25.7 Å². The van der Waals surface area contributed by atoms with Gasteiger partial charge in [-0.05, 0) is 51.9 Å². The number of carbonyl (C=O) groups excluding carboxylic acids is 2. The van der Waals surface area contributed by atoms with Crippen LogP contribution in [0.15, 0.2) is 0 Å². The molecular weight excluding hydrogens is 320 g/mol. The SMILES string of the molecule is COCC1(C(=O)N2CCN(C(=O)CN3CCCC3)CC2)CCNCC1. The van der Waals surface area contributed by atoms with Gasteiger partial charge < -0.3 is 19.9 Å². The molecule has 3 aliphatic heterocycles. The fraction of sp³-hybridized carbons (Fsp3) is 0.889. The third-order valence-electron chi connectivity index (χ3n) is 5.91. The molecule has 0 radical (unpaired) electrons. The molecule has 3 rings (SSSR count). The highest BCUT2D eigenvalue weighted by molar-refractivity contribution is 5.84. The lowest BCUT2D eigenvalue weighted by molar-refractivity contribution is -0.151. The van der Waals surface area contributed by atoms with Crippen molar-refractivity contribution in [2.75, 3.05) is 72.6 Å². The van der Waals surface area contributed by atoms with Gasteiger partial charge in [0.15, 0.2) is 0 Å². The summed E-state index contributed by atoms with van der Waals surface area (Å²) in [6, 6.07) is 0. The molecule has 3 aliphatic rings. The number of methoxy groups -OCH3 is 1. The number of piperidine rings is 1. The number of ether oxygens (including phenoxy) is 1. The Hall–Kier alpha value is -1.18. The van der Waals surface area contributed by atoms with Gasteiger partial charge in [-0.15, -0.1) is 0 Å². The van der Waals surface area contributed by atoms with Crippen LogP contribution in [-0.4, -0.2) is 99.1 Å². The first kappa shape index (κ1) is 18.6. The topological polar surface area (TPSA) is 65.1 Å². The fourth-order valence-corrected chi connectivity index (χ4v) is 4.33. The van der Waals surface area contributed by atoms with E-state index in [0.29, 0.717) is 39.3 Å². The van der Waals surface area contributed by atoms with Crippen molar-refractivity contribution < 1.29 is 14.3 Å². The number of hydrogen-bond donors (Lipinski definition) is 1. The summed E-state index contributed by atoms with van der Waals surface area (Å²) in [5.41, 5.74) is -0.387. The molecule has 25 heavy (non-hydrogen) atoms. The Labute approximate surface area is 150 Å². The third kappa shape index (κ3) is 4.33. The van der Waals surface area contributed by atoms with E-state index < -0.39 is 0 Å². The predicted octanol–water partition coefficient (Wildman–Crippen LogP) is -0.231. The first-order valence-corrected chi connectivity index (χ1v) is 9.64. The Morgan fingerprint density at radius 2 is 1.56 bits per heavy atom. The first-order valence-electron chi connectivity index (χ1n) is 9.64. The predicted molar refractivity (Wildman–Crippen MR) is 95.2 cm³/mol. The summed E-state index contributed by atoms with van der Waals surface area (Å²) in [6.45, 7) is 7.42. The van der Waals surface area contributed by atoms with Crippen LogP contribution in [0.5, 0.6) is 0 Å². The van der Waals surface area contributed by atoms with Crippen LogP contribution in [0.25, 0.3) is 0 Å². The Kier molecular flexibility index (Phi) is 6.30. The number of carbonyl (C=O) groups is 2. The number of nitrogens with one attached hydrogen (secondary N) is 1. The molecule has 2 amide bonds. The Morgan fingerprint density at radius 3 is 2.16 bits per heavy atom. The third-order valence-corrected chi connectivity index (χ3v) is 5.91. The van der Waals surface area contributed by atoms with Crippen molar-refractivity contribution in [1.82, 2.24) is 20.0 Å². The zero-order valence-electron chi connectivity index (χ0n) is 15.5. The maximum Gasteiger partial charge on any atom is 0.236 e. The van der Waals surface area contributed by atoms with E-state index >= 15 is 0 Å². The molecular formula is C18H32N4O3. The van der Waals surface area contributed by atoms with Gasteiger partial charge in [-0.25, -0.2) is 0 Å². The number of hydrogen-bond acceptors (Lipinski definition) is 5. The number of likely N-dealkylation sites (tertiary alicyclic amines) is 1. The van der Waals surface area contributed by atoms with Crippen molar-refractivity contribution >= 4 is 11.8 Å². The highest BCUT2D eigenvalue weighted by Gasteiger charge is 2.43. The lowest BCUT2D eigenvalue weighted by Crippen LogP contribution is -2.58. The van der Waals surface area contributed by atoms with Crippen LogP contribution in [0.2, 0.25) is 0 Å². The van der Waals surface area contributed by atoms with Crippen LogP contribution < -0.4 is 5.32 Å². The van der Waals surface area contributed by atoms with E-state index in [1.807, 2.05) is 9.80 Å². The van der Waals surface area contributed by atoms with Gasteiger partial charge in [0.05, 0.1) is 18.6 Å². The van der Waals surface area contributed by atoms with E-state index in [0.717, 1.165) is 39.0 Å². The van der Waals surface area contributed by atoms with Crippen LogP contribution in [0.1, 0.15) is 25.7 Å². The van der Waals surface area contributed by atoms with Gasteiger partial charge in [0.25, 0.3) is 0 Å². The zero-order chi connectivity index (χ0) is 17.7. The molecule has 0 aromatic heterocycles. The molecule has 7 nitrogen and oxygen atoms in total. The largest absolute Gasteiger partial charge is 0.384 e. The highest BCUT2D eigenvalue weighted by Crippen LogP contribution is 2.32. The summed E-state index contributed by atoms with van der Waals surface area (Å²) < 4.78 is 5.39. The number of nitrogens with zero attached hydrogens (tertiary/aromatic N) is 3. The number of piperazine rings is 1. The molecule has 0 saturated carbocycles. The van der Waals surface area contributed by atoms with Crippen LogP contribution in [0.3, 0.4) is 0 Å². The summed E-state index contributed by atoms with van der Waals surface area (Å²) in [5.74, 6) is 0.421. The average molecular weight is 352 g/mol. The lowest BCUT2D eigenvalue weighted by Gasteiger charge is -2.42. The zero-order valence-corrected chi connectivity index (χ0v) is 15.5. The Balaban J connectivity index is 1.52. The highest BCUT2D eigenvalue weighted by atomic mass is 16.5. The lowest BCUT2D eigenvalue weighted by atomic mass is 9.78. The van der Waals surface area contributed by atoms with E-state index in [1.165, 1.54) is 12.8 Å². The summed E-state index contributed by atoms with van der Waals surface area (Å²) in [4.78, 5) is 31.7. The molecule has 0 spiro atoms. The van der Waals surface area contributed by atoms with Crippen molar-refractivity contribution in [2.24, 2.45) is 5.41 Å². The molecule has 0 aliphatic carbocycles. The van der Waals surface area contributed by atoms with Gasteiger partial charge in [0.2, 0.25) is 11.8 Å². The maximum absolute atomic E-state index is 13.1. The van der Waals surface area contributed by atoms with E-state index in [9.17, 15) is 9.59 Å². The summed E-state index contributed by atoms with van der Waals surface area (Å²) in [6.07, 6.45) is 4.06. The van der Waals surface area contributed by atoms with Gasteiger partial charge in [-0.1, -0.05) is 0 Å². The summed E-state index contributed by atoms with van der Waals surface area (Å²) >= 11 is 0. The van der Waals surface area contributed by atoms with E-state index in [2.05, 4.69) is 10.2 Å². The van der Waals surface area contributed by atoms with E-state index in [-0.39, 0.29) is 17.2 Å². The van der Waals surface area contributed by atoms with Crippen LogP contribution in [0, 0.1) is 5.41 Å². The molecule has 3 saturated heterocycles. The quantitative estimate of drug-likeness (QED) is 0.740. The molecule has 3 heterocycles. The first-order chi connectivity index (χ1) is 12.1. The molecule has 0 bridgehead atoms. The van der Waals surface area contributed by atoms with Gasteiger partial charge in [-0.3, -0.25) is 14.5 Å². The second-order valence-electron chi connectivity index (χ2n) is 7.62. The van der Waals surface area contributed by atoms with E-state index in [1.54, 1.807) is 7.11 Å². The van der Waals surface area contributed by atoms with Crippen molar-refractivity contribution in [3.8, 4) is 0 Å². The second-order valence-corrected chi connectivity index (χ2v) is 7.62. The van der Waals surface area contributed by atoms with Crippen molar-refractivity contribution in [3.05, 3.63) is 0 Å². The molecule has 142 valence electrons. The smallest absolute Gasteiger partial charge is 0.236 e. The minimum absolute atomic E-state index is 0.211. The molecule has 1 N–H and O–H groups in total. The number of amides is 2. The fourth-order valence-electron chi connectivity index (χ4n) is 4.33. The van der Waals surface area contributed by atoms with Gasteiger partial charge in [0.1, 0.15) is 0 Å². The molecule has 0 atom stereocenters.